The molecule has 0 unspecified atom stereocenters. The molecule has 0 radical (unpaired) electrons. The lowest BCUT2D eigenvalue weighted by Gasteiger charge is -2.39. The van der Waals surface area contributed by atoms with Crippen LogP contribution in [0.1, 0.15) is 54.0 Å². The molecule has 0 aliphatic carbocycles. The highest BCUT2D eigenvalue weighted by molar-refractivity contribution is 7.19. The Kier molecular flexibility index (Phi) is 7.84. The third kappa shape index (κ3) is 5.62. The van der Waals surface area contributed by atoms with Gasteiger partial charge in [0.2, 0.25) is 0 Å². The number of aryl methyl sites for hydroxylation is 2. The highest BCUT2D eigenvalue weighted by Crippen LogP contribution is 2.33. The number of rotatable bonds is 8. The Labute approximate surface area is 236 Å². The van der Waals surface area contributed by atoms with Crippen molar-refractivity contribution < 1.29 is 19.2 Å². The lowest BCUT2D eigenvalue weighted by atomic mass is 10.0. The van der Waals surface area contributed by atoms with Crippen LogP contribution < -0.4 is 0 Å². The van der Waals surface area contributed by atoms with Crippen molar-refractivity contribution in [1.82, 2.24) is 19.5 Å². The van der Waals surface area contributed by atoms with Crippen LogP contribution in [0.15, 0.2) is 40.9 Å². The molecule has 1 N–H and O–H groups in total. The van der Waals surface area contributed by atoms with E-state index < -0.39 is 5.97 Å². The largest absolute Gasteiger partial charge is 0.480 e. The summed E-state index contributed by atoms with van der Waals surface area (Å²) < 4.78 is 8.24. The van der Waals surface area contributed by atoms with E-state index in [0.29, 0.717) is 34.1 Å². The van der Waals surface area contributed by atoms with Crippen molar-refractivity contribution in [3.63, 3.8) is 0 Å². The monoisotopic (exact) mass is 568 g/mol. The summed E-state index contributed by atoms with van der Waals surface area (Å²) in [6.07, 6.45) is 1.48. The van der Waals surface area contributed by atoms with Crippen molar-refractivity contribution >= 4 is 45.7 Å². The van der Waals surface area contributed by atoms with Crippen molar-refractivity contribution in [3.05, 3.63) is 63.2 Å². The first-order chi connectivity index (χ1) is 18.6. The first kappa shape index (κ1) is 27.4. The molecular formula is C29H33ClN4O4S. The summed E-state index contributed by atoms with van der Waals surface area (Å²) in [6, 6.07) is 11.8. The standard InChI is InChI=1S/C29H33ClN4O4S/c1-17(2)32-11-9-21(10-12-32)33(16-27(35)36)29(37)23-14-22-18(3)5-6-19(4)28(22)34(23)15-20-13-24(38-31-20)25-7-8-26(30)39-25/h5-8,13-14,17,21H,9-12,15-16H2,1-4H3,(H,35,36). The molecule has 0 atom stereocenters. The summed E-state index contributed by atoms with van der Waals surface area (Å²) >= 11 is 7.51. The molecule has 4 aromatic rings. The second-order valence-corrected chi connectivity index (χ2v) is 12.3. The van der Waals surface area contributed by atoms with Gasteiger partial charge in [0, 0.05) is 36.6 Å². The number of likely N-dealkylation sites (tertiary alicyclic amines) is 1. The van der Waals surface area contributed by atoms with E-state index in [4.69, 9.17) is 16.1 Å². The molecule has 3 aromatic heterocycles. The quantitative estimate of drug-likeness (QED) is 0.277. The zero-order valence-corrected chi connectivity index (χ0v) is 24.2. The lowest BCUT2D eigenvalue weighted by Crippen LogP contribution is -2.50. The molecule has 1 fully saturated rings. The Balaban J connectivity index is 1.53. The molecule has 4 heterocycles. The molecule has 1 aliphatic heterocycles. The second kappa shape index (κ2) is 11.2. The second-order valence-electron chi connectivity index (χ2n) is 10.6. The van der Waals surface area contributed by atoms with Gasteiger partial charge in [-0.25, -0.2) is 0 Å². The number of halogens is 1. The fraction of sp³-hybridized carbons (Fsp3) is 0.414. The minimum atomic E-state index is -1.01. The van der Waals surface area contributed by atoms with Gasteiger partial charge < -0.3 is 24.0 Å². The molecule has 8 nitrogen and oxygen atoms in total. The van der Waals surface area contributed by atoms with E-state index in [2.05, 4.69) is 23.9 Å². The van der Waals surface area contributed by atoms with Gasteiger partial charge in [0.05, 0.1) is 21.3 Å². The predicted octanol–water partition coefficient (Wildman–Crippen LogP) is 6.08. The molecule has 1 aliphatic rings. The van der Waals surface area contributed by atoms with E-state index in [0.717, 1.165) is 52.8 Å². The Morgan fingerprint density at radius 2 is 1.87 bits per heavy atom. The third-order valence-corrected chi connectivity index (χ3v) is 8.88. The van der Waals surface area contributed by atoms with E-state index in [9.17, 15) is 14.7 Å². The van der Waals surface area contributed by atoms with Crippen molar-refractivity contribution in [3.8, 4) is 10.6 Å². The molecule has 0 spiro atoms. The molecule has 0 bridgehead atoms. The van der Waals surface area contributed by atoms with Gasteiger partial charge in [-0.1, -0.05) is 28.9 Å². The number of carboxylic acid groups (broad SMARTS) is 1. The first-order valence-corrected chi connectivity index (χ1v) is 14.4. The number of thiophene rings is 1. The first-order valence-electron chi connectivity index (χ1n) is 13.2. The lowest BCUT2D eigenvalue weighted by molar-refractivity contribution is -0.138. The topological polar surface area (TPSA) is 91.8 Å². The molecular weight excluding hydrogens is 536 g/mol. The third-order valence-electron chi connectivity index (χ3n) is 7.63. The van der Waals surface area contributed by atoms with Crippen LogP contribution >= 0.6 is 22.9 Å². The highest BCUT2D eigenvalue weighted by atomic mass is 35.5. The number of aromatic nitrogens is 2. The average molecular weight is 569 g/mol. The van der Waals surface area contributed by atoms with E-state index in [1.54, 1.807) is 4.90 Å². The highest BCUT2D eigenvalue weighted by Gasteiger charge is 2.33. The summed E-state index contributed by atoms with van der Waals surface area (Å²) in [7, 11) is 0. The van der Waals surface area contributed by atoms with Gasteiger partial charge in [-0.2, -0.15) is 0 Å². The number of nitrogens with zero attached hydrogens (tertiary/aromatic N) is 4. The Morgan fingerprint density at radius 1 is 1.15 bits per heavy atom. The SMILES string of the molecule is Cc1ccc(C)c2c1cc(C(=O)N(CC(=O)O)C1CCN(C(C)C)CC1)n2Cc1cc(-c2ccc(Cl)s2)on1. The molecule has 10 heteroatoms. The zero-order chi connectivity index (χ0) is 27.8. The van der Waals surface area contributed by atoms with E-state index >= 15 is 0 Å². The fourth-order valence-electron chi connectivity index (χ4n) is 5.52. The van der Waals surface area contributed by atoms with Crippen LogP contribution in [0, 0.1) is 13.8 Å². The van der Waals surface area contributed by atoms with Gasteiger partial charge in [-0.05, 0) is 69.9 Å². The number of piperidine rings is 1. The van der Waals surface area contributed by atoms with Crippen molar-refractivity contribution in [2.75, 3.05) is 19.6 Å². The number of hydrogen-bond acceptors (Lipinski definition) is 6. The van der Waals surface area contributed by atoms with Crippen LogP contribution in [0.25, 0.3) is 21.5 Å². The van der Waals surface area contributed by atoms with Crippen LogP contribution in [0.5, 0.6) is 0 Å². The van der Waals surface area contributed by atoms with Crippen LogP contribution in [0.4, 0.5) is 0 Å². The van der Waals surface area contributed by atoms with Crippen molar-refractivity contribution in [2.24, 2.45) is 0 Å². The molecule has 206 valence electrons. The van der Waals surface area contributed by atoms with Gasteiger partial charge >= 0.3 is 5.97 Å². The molecule has 1 saturated heterocycles. The molecule has 5 rings (SSSR count). The summed E-state index contributed by atoms with van der Waals surface area (Å²) in [5.41, 5.74) is 4.13. The zero-order valence-electron chi connectivity index (χ0n) is 22.6. The number of carbonyl (C=O) groups excluding carboxylic acids is 1. The maximum absolute atomic E-state index is 14.2. The van der Waals surface area contributed by atoms with Gasteiger partial charge in [-0.3, -0.25) is 9.59 Å². The van der Waals surface area contributed by atoms with E-state index in [1.165, 1.54) is 11.3 Å². The van der Waals surface area contributed by atoms with Crippen LogP contribution in [0.2, 0.25) is 4.34 Å². The Morgan fingerprint density at radius 3 is 2.51 bits per heavy atom. The molecule has 1 aromatic carbocycles. The maximum atomic E-state index is 14.2. The van der Waals surface area contributed by atoms with Crippen LogP contribution in [0.3, 0.4) is 0 Å². The number of benzene rings is 1. The van der Waals surface area contributed by atoms with Gasteiger partial charge in [0.15, 0.2) is 5.76 Å². The van der Waals surface area contributed by atoms with Crippen LogP contribution in [-0.4, -0.2) is 68.2 Å². The number of carboxylic acids is 1. The number of hydrogen-bond donors (Lipinski definition) is 1. The number of aliphatic carboxylic acids is 1. The van der Waals surface area contributed by atoms with Gasteiger partial charge in [0.1, 0.15) is 17.9 Å². The van der Waals surface area contributed by atoms with Gasteiger partial charge in [-0.15, -0.1) is 11.3 Å². The van der Waals surface area contributed by atoms with E-state index in [1.807, 2.05) is 54.8 Å². The number of carbonyl (C=O) groups is 2. The van der Waals surface area contributed by atoms with Crippen molar-refractivity contribution in [1.29, 1.82) is 0 Å². The van der Waals surface area contributed by atoms with Crippen molar-refractivity contribution in [2.45, 2.75) is 59.2 Å². The maximum Gasteiger partial charge on any atom is 0.323 e. The molecule has 39 heavy (non-hydrogen) atoms. The summed E-state index contributed by atoms with van der Waals surface area (Å²) in [5.74, 6) is -0.673. The van der Waals surface area contributed by atoms with E-state index in [-0.39, 0.29) is 18.5 Å². The summed E-state index contributed by atoms with van der Waals surface area (Å²) in [6.45, 7) is 10.00. The number of fused-ring (bicyclic) bond motifs is 1. The smallest absolute Gasteiger partial charge is 0.323 e. The number of amides is 1. The average Bonchev–Trinajstić information content (AvgIpc) is 3.64. The Bertz CT molecular complexity index is 1510. The molecule has 1 amide bonds. The summed E-state index contributed by atoms with van der Waals surface area (Å²) in [5, 5.41) is 15.0. The fourth-order valence-corrected chi connectivity index (χ4v) is 6.51. The normalized spacial score (nSPS) is 14.9. The minimum Gasteiger partial charge on any atom is -0.480 e. The Hall–Kier alpha value is -3.14. The van der Waals surface area contributed by atoms with Gasteiger partial charge in [0.25, 0.3) is 5.91 Å². The predicted molar refractivity (Wildman–Crippen MR) is 154 cm³/mol. The minimum absolute atomic E-state index is 0.139. The molecule has 0 saturated carbocycles. The summed E-state index contributed by atoms with van der Waals surface area (Å²) in [4.78, 5) is 30.9. The van der Waals surface area contributed by atoms with Crippen LogP contribution in [-0.2, 0) is 11.3 Å².